The van der Waals surface area contributed by atoms with Crippen molar-refractivity contribution in [3.63, 3.8) is 0 Å². The molecule has 1 aliphatic heterocycles. The molecule has 7 nitrogen and oxygen atoms in total. The first-order valence-corrected chi connectivity index (χ1v) is 8.28. The van der Waals surface area contributed by atoms with Crippen LogP contribution in [0, 0.1) is 0 Å². The van der Waals surface area contributed by atoms with E-state index in [2.05, 4.69) is 15.4 Å². The Balaban J connectivity index is 1.77. The molecule has 2 heterocycles. The predicted octanol–water partition coefficient (Wildman–Crippen LogP) is 3.37. The van der Waals surface area contributed by atoms with Crippen molar-refractivity contribution in [1.82, 2.24) is 5.16 Å². The van der Waals surface area contributed by atoms with Crippen molar-refractivity contribution in [2.24, 2.45) is 0 Å². The number of anilines is 2. The smallest absolute Gasteiger partial charge is 0.248 e. The summed E-state index contributed by atoms with van der Waals surface area (Å²) in [6.07, 6.45) is 0.640. The Morgan fingerprint density at radius 2 is 2.04 bits per heavy atom. The van der Waals surface area contributed by atoms with E-state index in [-0.39, 0.29) is 29.4 Å². The monoisotopic (exact) mass is 361 g/mol. The van der Waals surface area contributed by atoms with Crippen LogP contribution in [0.3, 0.4) is 0 Å². The normalized spacial score (nSPS) is 17.5. The Hall–Kier alpha value is -2.90. The second-order valence-corrected chi connectivity index (χ2v) is 7.20. The largest absolute Gasteiger partial charge is 0.359 e. The molecule has 3 rings (SSSR count). The summed E-state index contributed by atoms with van der Waals surface area (Å²) < 4.78 is 17.4. The Kier molecular flexibility index (Phi) is 4.67. The molecule has 138 valence electrons. The van der Waals surface area contributed by atoms with Crippen molar-refractivity contribution < 1.29 is 23.6 Å². The summed E-state index contributed by atoms with van der Waals surface area (Å²) in [6.45, 7) is 5.92. The highest BCUT2D eigenvalue weighted by molar-refractivity contribution is 6.07. The second-order valence-electron chi connectivity index (χ2n) is 7.20. The van der Waals surface area contributed by atoms with Gasteiger partial charge in [-0.1, -0.05) is 25.9 Å². The lowest BCUT2D eigenvalue weighted by Gasteiger charge is -2.23. The molecule has 1 aromatic heterocycles. The number of carbonyl (C=O) groups is 2. The quantitative estimate of drug-likeness (QED) is 0.902. The van der Waals surface area contributed by atoms with Gasteiger partial charge in [-0.25, -0.2) is 0 Å². The van der Waals surface area contributed by atoms with E-state index in [1.54, 1.807) is 6.07 Å². The first kappa shape index (κ1) is 17.9. The Bertz CT molecular complexity index is 811. The van der Waals surface area contributed by atoms with E-state index in [0.717, 1.165) is 0 Å². The molecule has 1 aromatic carbocycles. The van der Waals surface area contributed by atoms with Gasteiger partial charge < -0.3 is 9.84 Å². The molecule has 0 aliphatic carbocycles. The Labute approximate surface area is 150 Å². The summed E-state index contributed by atoms with van der Waals surface area (Å²) in [6, 6.07) is 6.85. The summed E-state index contributed by atoms with van der Waals surface area (Å²) in [4.78, 5) is 29.9. The van der Waals surface area contributed by atoms with E-state index in [0.29, 0.717) is 23.7 Å². The van der Waals surface area contributed by atoms with Gasteiger partial charge in [0.2, 0.25) is 11.8 Å². The molecule has 26 heavy (non-hydrogen) atoms. The molecule has 1 saturated heterocycles. The van der Waals surface area contributed by atoms with Crippen molar-refractivity contribution in [2.75, 3.05) is 10.2 Å². The first-order valence-electron chi connectivity index (χ1n) is 8.28. The topological polar surface area (TPSA) is 84.7 Å². The van der Waals surface area contributed by atoms with Gasteiger partial charge >= 0.3 is 0 Å². The van der Waals surface area contributed by atoms with Crippen LogP contribution in [0.2, 0.25) is 0 Å². The number of benzene rings is 1. The third-order valence-electron chi connectivity index (χ3n) is 4.22. The zero-order valence-corrected chi connectivity index (χ0v) is 14.8. The molecular formula is C18H20FN3O4. The van der Waals surface area contributed by atoms with Crippen molar-refractivity contribution in [3.8, 4) is 5.75 Å². The van der Waals surface area contributed by atoms with Crippen molar-refractivity contribution in [3.05, 3.63) is 36.1 Å². The molecule has 0 spiro atoms. The zero-order chi connectivity index (χ0) is 18.9. The standard InChI is InChI=1S/C18H20FN3O4/c1-18(2,3)14-10-15(21-26-14)20-17(24)13-8-9-16(23)22(13)11-4-6-12(25-19)7-5-11/h4-7,10,13H,8-9H2,1-3H3,(H,20,21,24)/t13-/m0/s1. The summed E-state index contributed by atoms with van der Waals surface area (Å²) in [5.74, 6) is 0.457. The van der Waals surface area contributed by atoms with Crippen LogP contribution in [0.15, 0.2) is 34.9 Å². The number of aromatic nitrogens is 1. The van der Waals surface area contributed by atoms with Crippen molar-refractivity contribution >= 4 is 23.3 Å². The number of halogens is 1. The second kappa shape index (κ2) is 6.78. The van der Waals surface area contributed by atoms with Gasteiger partial charge in [0, 0.05) is 28.1 Å². The van der Waals surface area contributed by atoms with E-state index in [4.69, 9.17) is 4.52 Å². The number of rotatable bonds is 4. The van der Waals surface area contributed by atoms with E-state index < -0.39 is 6.04 Å². The van der Waals surface area contributed by atoms with Crippen LogP contribution >= 0.6 is 0 Å². The zero-order valence-electron chi connectivity index (χ0n) is 14.8. The van der Waals surface area contributed by atoms with E-state index >= 15 is 0 Å². The van der Waals surface area contributed by atoms with Gasteiger partial charge in [0.25, 0.3) is 0 Å². The minimum atomic E-state index is -0.672. The maximum Gasteiger partial charge on any atom is 0.248 e. The van der Waals surface area contributed by atoms with Gasteiger partial charge in [-0.15, -0.1) is 0 Å². The average molecular weight is 361 g/mol. The van der Waals surface area contributed by atoms with Gasteiger partial charge in [-0.3, -0.25) is 19.4 Å². The minimum absolute atomic E-state index is 0.0266. The first-order chi connectivity index (χ1) is 12.3. The number of hydrogen-bond donors (Lipinski definition) is 1. The van der Waals surface area contributed by atoms with Crippen molar-refractivity contribution in [2.45, 2.75) is 45.1 Å². The number of nitrogens with zero attached hydrogens (tertiary/aromatic N) is 2. The highest BCUT2D eigenvalue weighted by atomic mass is 19.3. The van der Waals surface area contributed by atoms with Gasteiger partial charge in [-0.05, 0) is 30.7 Å². The Morgan fingerprint density at radius 1 is 1.35 bits per heavy atom. The highest BCUT2D eigenvalue weighted by Crippen LogP contribution is 2.30. The molecule has 0 unspecified atom stereocenters. The molecule has 1 N–H and O–H groups in total. The van der Waals surface area contributed by atoms with E-state index in [9.17, 15) is 14.1 Å². The fourth-order valence-electron chi connectivity index (χ4n) is 2.81. The van der Waals surface area contributed by atoms with Crippen LogP contribution in [0.4, 0.5) is 16.0 Å². The van der Waals surface area contributed by atoms with Crippen LogP contribution in [-0.4, -0.2) is 23.0 Å². The molecule has 1 atom stereocenters. The molecule has 1 aliphatic rings. The molecule has 0 bridgehead atoms. The van der Waals surface area contributed by atoms with Crippen LogP contribution < -0.4 is 15.2 Å². The lowest BCUT2D eigenvalue weighted by atomic mass is 9.93. The maximum absolute atomic E-state index is 12.7. The highest BCUT2D eigenvalue weighted by Gasteiger charge is 2.37. The Morgan fingerprint density at radius 3 is 2.62 bits per heavy atom. The van der Waals surface area contributed by atoms with Gasteiger partial charge in [-0.2, -0.15) is 0 Å². The van der Waals surface area contributed by atoms with Crippen LogP contribution in [0.5, 0.6) is 5.75 Å². The molecule has 0 radical (unpaired) electrons. The summed E-state index contributed by atoms with van der Waals surface area (Å²) in [5.41, 5.74) is 0.273. The summed E-state index contributed by atoms with van der Waals surface area (Å²) in [5, 5.41) is 6.56. The third kappa shape index (κ3) is 3.54. The average Bonchev–Trinajstić information content (AvgIpc) is 3.21. The fourth-order valence-corrected chi connectivity index (χ4v) is 2.81. The lowest BCUT2D eigenvalue weighted by Crippen LogP contribution is -2.41. The number of carbonyl (C=O) groups excluding carboxylic acids is 2. The maximum atomic E-state index is 12.7. The molecule has 1 fully saturated rings. The molecule has 2 amide bonds. The molecule has 2 aromatic rings. The van der Waals surface area contributed by atoms with E-state index in [1.165, 1.54) is 29.2 Å². The van der Waals surface area contributed by atoms with Crippen LogP contribution in [-0.2, 0) is 15.0 Å². The SMILES string of the molecule is CC(C)(C)c1cc(NC(=O)[C@@H]2CCC(=O)N2c2ccc(OF)cc2)no1. The lowest BCUT2D eigenvalue weighted by molar-refractivity contribution is -0.120. The molecule has 0 saturated carbocycles. The molecular weight excluding hydrogens is 341 g/mol. The number of hydrogen-bond acceptors (Lipinski definition) is 5. The predicted molar refractivity (Wildman–Crippen MR) is 92.5 cm³/mol. The fraction of sp³-hybridized carbons (Fsp3) is 0.389. The van der Waals surface area contributed by atoms with Crippen LogP contribution in [0.25, 0.3) is 0 Å². The van der Waals surface area contributed by atoms with Crippen molar-refractivity contribution in [1.29, 1.82) is 0 Å². The summed E-state index contributed by atoms with van der Waals surface area (Å²) in [7, 11) is 0. The van der Waals surface area contributed by atoms with Gasteiger partial charge in [0.15, 0.2) is 11.6 Å². The molecule has 8 heteroatoms. The van der Waals surface area contributed by atoms with Gasteiger partial charge in [0.05, 0.1) is 0 Å². The minimum Gasteiger partial charge on any atom is -0.359 e. The van der Waals surface area contributed by atoms with E-state index in [1.807, 2.05) is 20.8 Å². The summed E-state index contributed by atoms with van der Waals surface area (Å²) >= 11 is 0. The third-order valence-corrected chi connectivity index (χ3v) is 4.22. The number of amides is 2. The van der Waals surface area contributed by atoms with Gasteiger partial charge in [0.1, 0.15) is 11.8 Å². The number of nitrogens with one attached hydrogen (secondary N) is 1. The van der Waals surface area contributed by atoms with Crippen LogP contribution in [0.1, 0.15) is 39.4 Å².